The van der Waals surface area contributed by atoms with Gasteiger partial charge in [0.15, 0.2) is 5.82 Å². The van der Waals surface area contributed by atoms with Crippen LogP contribution >= 0.6 is 0 Å². The summed E-state index contributed by atoms with van der Waals surface area (Å²) in [5, 5.41) is 0. The van der Waals surface area contributed by atoms with E-state index in [-0.39, 0.29) is 0 Å². The van der Waals surface area contributed by atoms with E-state index in [1.165, 1.54) is 29.5 Å². The summed E-state index contributed by atoms with van der Waals surface area (Å²) in [6.07, 6.45) is 4.45. The molecule has 0 saturated heterocycles. The summed E-state index contributed by atoms with van der Waals surface area (Å²) in [4.78, 5) is 9.24. The number of fused-ring (bicyclic) bond motifs is 1. The Hall–Kier alpha value is -1.90. The van der Waals surface area contributed by atoms with Crippen molar-refractivity contribution in [2.75, 3.05) is 5.73 Å². The van der Waals surface area contributed by atoms with Crippen molar-refractivity contribution in [1.82, 2.24) is 9.97 Å². The van der Waals surface area contributed by atoms with E-state index < -0.39 is 0 Å². The highest BCUT2D eigenvalue weighted by molar-refractivity contribution is 5.61. The Bertz CT molecular complexity index is 612. The average Bonchev–Trinajstić information content (AvgIpc) is 2.37. The normalized spacial score (nSPS) is 14.2. The fraction of sp³-hybridized carbons (Fsp3) is 0.375. The van der Waals surface area contributed by atoms with Gasteiger partial charge in [-0.3, -0.25) is 0 Å². The number of nitrogen functional groups attached to an aromatic ring is 1. The Morgan fingerprint density at radius 1 is 0.947 bits per heavy atom. The zero-order chi connectivity index (χ0) is 13.4. The van der Waals surface area contributed by atoms with Gasteiger partial charge in [-0.25, -0.2) is 9.97 Å². The van der Waals surface area contributed by atoms with E-state index in [9.17, 15) is 0 Å². The first kappa shape index (κ1) is 12.2. The van der Waals surface area contributed by atoms with E-state index in [1.807, 2.05) is 0 Å². The van der Waals surface area contributed by atoms with Crippen LogP contribution in [0.25, 0.3) is 11.4 Å². The SMILES string of the molecule is Cc1cc(C)cc(-c2nc(N)c3c(n2)CCCC3)c1. The maximum Gasteiger partial charge on any atom is 0.161 e. The van der Waals surface area contributed by atoms with Gasteiger partial charge in [0.1, 0.15) is 5.82 Å². The van der Waals surface area contributed by atoms with Crippen molar-refractivity contribution >= 4 is 5.82 Å². The number of aromatic nitrogens is 2. The lowest BCUT2D eigenvalue weighted by Crippen LogP contribution is -2.11. The number of aryl methyl sites for hydroxylation is 3. The zero-order valence-electron chi connectivity index (χ0n) is 11.5. The second-order valence-corrected chi connectivity index (χ2v) is 5.44. The molecule has 0 amide bonds. The molecule has 0 spiro atoms. The van der Waals surface area contributed by atoms with Gasteiger partial charge < -0.3 is 5.73 Å². The van der Waals surface area contributed by atoms with Crippen molar-refractivity contribution < 1.29 is 0 Å². The molecule has 0 bridgehead atoms. The van der Waals surface area contributed by atoms with Gasteiger partial charge in [-0.15, -0.1) is 0 Å². The molecule has 3 rings (SSSR count). The Morgan fingerprint density at radius 3 is 2.37 bits per heavy atom. The predicted octanol–water partition coefficient (Wildman–Crippen LogP) is 3.22. The summed E-state index contributed by atoms with van der Waals surface area (Å²) in [5.41, 5.74) is 11.9. The van der Waals surface area contributed by atoms with Crippen molar-refractivity contribution in [3.63, 3.8) is 0 Å². The molecule has 1 heterocycles. The van der Waals surface area contributed by atoms with Crippen molar-refractivity contribution in [3.8, 4) is 11.4 Å². The number of nitrogens with zero attached hydrogens (tertiary/aromatic N) is 2. The van der Waals surface area contributed by atoms with Gasteiger partial charge in [0.05, 0.1) is 0 Å². The third-order valence-electron chi connectivity index (χ3n) is 3.69. The molecule has 0 radical (unpaired) electrons. The minimum absolute atomic E-state index is 0.666. The smallest absolute Gasteiger partial charge is 0.161 e. The van der Waals surface area contributed by atoms with Gasteiger partial charge in [0, 0.05) is 16.8 Å². The second-order valence-electron chi connectivity index (χ2n) is 5.44. The standard InChI is InChI=1S/C16H19N3/c1-10-7-11(2)9-12(8-10)16-18-14-6-4-3-5-13(14)15(17)19-16/h7-9H,3-6H2,1-2H3,(H2,17,18,19). The first-order chi connectivity index (χ1) is 9.13. The summed E-state index contributed by atoms with van der Waals surface area (Å²) >= 11 is 0. The van der Waals surface area contributed by atoms with Crippen molar-refractivity contribution in [1.29, 1.82) is 0 Å². The Labute approximate surface area is 113 Å². The fourth-order valence-electron chi connectivity index (χ4n) is 2.86. The number of nitrogens with two attached hydrogens (primary N) is 1. The van der Waals surface area contributed by atoms with E-state index in [2.05, 4.69) is 37.0 Å². The van der Waals surface area contributed by atoms with Crippen LogP contribution in [0.15, 0.2) is 18.2 Å². The zero-order valence-corrected chi connectivity index (χ0v) is 11.5. The van der Waals surface area contributed by atoms with Crippen LogP contribution in [0.4, 0.5) is 5.82 Å². The number of anilines is 1. The van der Waals surface area contributed by atoms with Gasteiger partial charge in [0.2, 0.25) is 0 Å². The molecule has 19 heavy (non-hydrogen) atoms. The number of benzene rings is 1. The molecule has 0 saturated carbocycles. The molecule has 2 aromatic rings. The minimum Gasteiger partial charge on any atom is -0.383 e. The molecule has 0 unspecified atom stereocenters. The Morgan fingerprint density at radius 2 is 1.63 bits per heavy atom. The topological polar surface area (TPSA) is 51.8 Å². The van der Waals surface area contributed by atoms with Gasteiger partial charge in [-0.1, -0.05) is 17.2 Å². The summed E-state index contributed by atoms with van der Waals surface area (Å²) in [6.45, 7) is 4.19. The molecule has 1 aliphatic rings. The van der Waals surface area contributed by atoms with Crippen LogP contribution in [0.1, 0.15) is 35.2 Å². The Balaban J connectivity index is 2.12. The minimum atomic E-state index is 0.666. The highest BCUT2D eigenvalue weighted by Gasteiger charge is 2.16. The monoisotopic (exact) mass is 253 g/mol. The molecule has 1 aromatic heterocycles. The third-order valence-corrected chi connectivity index (χ3v) is 3.69. The van der Waals surface area contributed by atoms with Crippen molar-refractivity contribution in [3.05, 3.63) is 40.6 Å². The number of rotatable bonds is 1. The lowest BCUT2D eigenvalue weighted by atomic mass is 9.96. The van der Waals surface area contributed by atoms with E-state index in [0.717, 1.165) is 29.9 Å². The van der Waals surface area contributed by atoms with Crippen molar-refractivity contribution in [2.45, 2.75) is 39.5 Å². The first-order valence-corrected chi connectivity index (χ1v) is 6.87. The number of hydrogen-bond donors (Lipinski definition) is 1. The highest BCUT2D eigenvalue weighted by atomic mass is 15.0. The largest absolute Gasteiger partial charge is 0.383 e. The van der Waals surface area contributed by atoms with Crippen LogP contribution in [-0.2, 0) is 12.8 Å². The molecule has 1 aromatic carbocycles. The molecular formula is C16H19N3. The maximum atomic E-state index is 6.10. The quantitative estimate of drug-likeness (QED) is 0.849. The van der Waals surface area contributed by atoms with Gasteiger partial charge in [-0.2, -0.15) is 0 Å². The number of hydrogen-bond acceptors (Lipinski definition) is 3. The van der Waals surface area contributed by atoms with Gasteiger partial charge >= 0.3 is 0 Å². The first-order valence-electron chi connectivity index (χ1n) is 6.87. The Kier molecular flexibility index (Phi) is 2.97. The highest BCUT2D eigenvalue weighted by Crippen LogP contribution is 2.27. The van der Waals surface area contributed by atoms with Crippen LogP contribution in [-0.4, -0.2) is 9.97 Å². The van der Waals surface area contributed by atoms with Crippen LogP contribution in [0, 0.1) is 13.8 Å². The lowest BCUT2D eigenvalue weighted by molar-refractivity contribution is 0.666. The molecule has 3 heteroatoms. The van der Waals surface area contributed by atoms with E-state index >= 15 is 0 Å². The lowest BCUT2D eigenvalue weighted by Gasteiger charge is -2.17. The fourth-order valence-corrected chi connectivity index (χ4v) is 2.86. The third kappa shape index (κ3) is 2.33. The average molecular weight is 253 g/mol. The molecule has 0 fully saturated rings. The summed E-state index contributed by atoms with van der Waals surface area (Å²) in [6, 6.07) is 6.40. The summed E-state index contributed by atoms with van der Waals surface area (Å²) in [7, 11) is 0. The van der Waals surface area contributed by atoms with Crippen LogP contribution in [0.5, 0.6) is 0 Å². The van der Waals surface area contributed by atoms with E-state index in [4.69, 9.17) is 10.7 Å². The summed E-state index contributed by atoms with van der Waals surface area (Å²) in [5.74, 6) is 1.43. The molecule has 3 nitrogen and oxygen atoms in total. The van der Waals surface area contributed by atoms with Gasteiger partial charge in [-0.05, 0) is 51.7 Å². The van der Waals surface area contributed by atoms with Crippen LogP contribution < -0.4 is 5.73 Å². The molecule has 0 atom stereocenters. The molecule has 0 aliphatic heterocycles. The van der Waals surface area contributed by atoms with Crippen molar-refractivity contribution in [2.24, 2.45) is 0 Å². The van der Waals surface area contributed by atoms with Gasteiger partial charge in [0.25, 0.3) is 0 Å². The summed E-state index contributed by atoms with van der Waals surface area (Å²) < 4.78 is 0. The molecule has 98 valence electrons. The second kappa shape index (κ2) is 4.65. The molecule has 2 N–H and O–H groups in total. The maximum absolute atomic E-state index is 6.10. The van der Waals surface area contributed by atoms with E-state index in [0.29, 0.717) is 5.82 Å². The van der Waals surface area contributed by atoms with E-state index in [1.54, 1.807) is 0 Å². The molecular weight excluding hydrogens is 234 g/mol. The van der Waals surface area contributed by atoms with Crippen LogP contribution in [0.3, 0.4) is 0 Å². The van der Waals surface area contributed by atoms with Crippen LogP contribution in [0.2, 0.25) is 0 Å². The molecule has 1 aliphatic carbocycles. The predicted molar refractivity (Wildman–Crippen MR) is 78.0 cm³/mol.